The molecule has 1 heterocycles. The number of aliphatic hydroxyl groups is 1. The summed E-state index contributed by atoms with van der Waals surface area (Å²) in [5.74, 6) is 7.14. The zero-order valence-electron chi connectivity index (χ0n) is 14.2. The molecule has 1 aromatic carbocycles. The predicted molar refractivity (Wildman–Crippen MR) is 107 cm³/mol. The van der Waals surface area contributed by atoms with Gasteiger partial charge in [-0.2, -0.15) is 4.98 Å². The summed E-state index contributed by atoms with van der Waals surface area (Å²) in [7, 11) is 0. The maximum absolute atomic E-state index is 10.5. The molecule has 5 nitrogen and oxygen atoms in total. The summed E-state index contributed by atoms with van der Waals surface area (Å²) in [5, 5.41) is 20.4. The molecule has 1 fully saturated rings. The Hall–Kier alpha value is -1.72. The molecule has 0 bridgehead atoms. The number of alkyl halides is 1. The number of halogens is 1. The monoisotopic (exact) mass is 423 g/mol. The van der Waals surface area contributed by atoms with Crippen molar-refractivity contribution in [3.63, 3.8) is 0 Å². The summed E-state index contributed by atoms with van der Waals surface area (Å²) in [6.07, 6.45) is -0.562. The van der Waals surface area contributed by atoms with Gasteiger partial charge < -0.3 is 14.9 Å². The molecule has 3 rings (SSSR count). The summed E-state index contributed by atoms with van der Waals surface area (Å²) in [6.45, 7) is 0. The third-order valence-electron chi connectivity index (χ3n) is 4.29. The van der Waals surface area contributed by atoms with Crippen molar-refractivity contribution in [2.24, 2.45) is 11.8 Å². The third-order valence-corrected chi connectivity index (χ3v) is 6.83. The Morgan fingerprint density at radius 1 is 1.41 bits per heavy atom. The molecule has 0 radical (unpaired) electrons. The van der Waals surface area contributed by atoms with Crippen molar-refractivity contribution in [2.75, 3.05) is 5.75 Å². The Balaban J connectivity index is 1.58. The van der Waals surface area contributed by atoms with Gasteiger partial charge in [0.25, 0.3) is 0 Å². The number of thioether (sulfide) groups is 1. The van der Waals surface area contributed by atoms with Crippen LogP contribution in [0.1, 0.15) is 18.4 Å². The van der Waals surface area contributed by atoms with Crippen LogP contribution in [-0.2, 0) is 0 Å². The van der Waals surface area contributed by atoms with Crippen LogP contribution in [0.15, 0.2) is 40.1 Å². The van der Waals surface area contributed by atoms with Crippen molar-refractivity contribution in [3.05, 3.63) is 41.3 Å². The van der Waals surface area contributed by atoms with Crippen molar-refractivity contribution in [1.29, 1.82) is 0 Å². The second-order valence-corrected chi connectivity index (χ2v) is 8.86. The number of thiazole rings is 1. The minimum atomic E-state index is -1.37. The zero-order valence-corrected chi connectivity index (χ0v) is 16.6. The first kappa shape index (κ1) is 20.0. The lowest BCUT2D eigenvalue weighted by atomic mass is 9.92. The Bertz CT molecular complexity index is 833. The van der Waals surface area contributed by atoms with Crippen LogP contribution < -0.4 is 4.74 Å². The highest BCUT2D eigenvalue weighted by atomic mass is 35.5. The molecule has 1 aliphatic carbocycles. The number of nitrogens with zero attached hydrogens (tertiary/aromatic N) is 1. The summed E-state index contributed by atoms with van der Waals surface area (Å²) in [5.41, 5.74) is 0.921. The third kappa shape index (κ3) is 5.63. The lowest BCUT2D eigenvalue weighted by Gasteiger charge is -2.18. The summed E-state index contributed by atoms with van der Waals surface area (Å²) < 4.78 is 5.27. The zero-order chi connectivity index (χ0) is 19.2. The van der Waals surface area contributed by atoms with Crippen molar-refractivity contribution in [1.82, 2.24) is 4.98 Å². The van der Waals surface area contributed by atoms with Crippen LogP contribution in [0.2, 0.25) is 0 Å². The maximum atomic E-state index is 10.5. The fourth-order valence-electron chi connectivity index (χ4n) is 3.04. The number of rotatable bonds is 5. The first-order chi connectivity index (χ1) is 13.0. The highest BCUT2D eigenvalue weighted by Gasteiger charge is 2.40. The molecule has 1 aromatic heterocycles. The Morgan fingerprint density at radius 2 is 2.19 bits per heavy atom. The van der Waals surface area contributed by atoms with Crippen LogP contribution >= 0.6 is 34.7 Å². The number of hydrogen-bond donors (Lipinski definition) is 2. The van der Waals surface area contributed by atoms with Gasteiger partial charge >= 0.3 is 6.16 Å². The molecule has 0 saturated heterocycles. The highest BCUT2D eigenvalue weighted by molar-refractivity contribution is 8.01. The second kappa shape index (κ2) is 9.47. The normalized spacial score (nSPS) is 24.2. The van der Waals surface area contributed by atoms with Crippen molar-refractivity contribution >= 4 is 40.9 Å². The maximum Gasteiger partial charge on any atom is 0.512 e. The molecule has 2 N–H and O–H groups in total. The van der Waals surface area contributed by atoms with Gasteiger partial charge in [-0.25, -0.2) is 4.79 Å². The topological polar surface area (TPSA) is 79.7 Å². The van der Waals surface area contributed by atoms with Crippen LogP contribution in [0.4, 0.5) is 4.79 Å². The first-order valence-corrected chi connectivity index (χ1v) is 10.7. The highest BCUT2D eigenvalue weighted by Crippen LogP contribution is 2.39. The molecule has 1 saturated carbocycles. The standard InChI is InChI=1S/C19H18ClNO4S2/c20-15-10-16(22)14(7-6-12-4-2-1-3-5-12)13(15)8-9-26-18-21-17(11-27-18)25-19(23)24/h1-5,11,13-16,22H,8-10H2,(H,23,24)/t13-,14-,15-,16-/m1/s1. The number of benzene rings is 1. The average molecular weight is 424 g/mol. The second-order valence-electron chi connectivity index (χ2n) is 6.10. The lowest BCUT2D eigenvalue weighted by Crippen LogP contribution is -2.19. The van der Waals surface area contributed by atoms with Gasteiger partial charge in [-0.3, -0.25) is 0 Å². The molecule has 8 heteroatoms. The number of aromatic nitrogens is 1. The van der Waals surface area contributed by atoms with Crippen LogP contribution in [0.5, 0.6) is 5.88 Å². The van der Waals surface area contributed by atoms with Gasteiger partial charge in [0.15, 0.2) is 4.34 Å². The molecule has 4 atom stereocenters. The number of hydrogen-bond acceptors (Lipinski definition) is 6. The summed E-state index contributed by atoms with van der Waals surface area (Å²) in [6, 6.07) is 9.69. The molecule has 0 amide bonds. The molecule has 2 aromatic rings. The van der Waals surface area contributed by atoms with Crippen LogP contribution in [0.25, 0.3) is 0 Å². The average Bonchev–Trinajstić information content (AvgIpc) is 3.18. The smallest absolute Gasteiger partial charge is 0.449 e. The van der Waals surface area contributed by atoms with Crippen molar-refractivity contribution in [2.45, 2.75) is 28.7 Å². The van der Waals surface area contributed by atoms with E-state index in [1.807, 2.05) is 30.3 Å². The summed E-state index contributed by atoms with van der Waals surface area (Å²) >= 11 is 9.32. The fourth-order valence-corrected chi connectivity index (χ4v) is 5.34. The van der Waals surface area contributed by atoms with Gasteiger partial charge in [0.1, 0.15) is 0 Å². The van der Waals surface area contributed by atoms with E-state index in [9.17, 15) is 9.90 Å². The van der Waals surface area contributed by atoms with E-state index in [0.29, 0.717) is 6.42 Å². The van der Waals surface area contributed by atoms with Crippen molar-refractivity contribution < 1.29 is 19.7 Å². The fraction of sp³-hybridized carbons (Fsp3) is 0.368. The molecule has 0 aliphatic heterocycles. The van der Waals surface area contributed by atoms with Gasteiger partial charge in [0, 0.05) is 16.7 Å². The Morgan fingerprint density at radius 3 is 2.93 bits per heavy atom. The largest absolute Gasteiger partial charge is 0.512 e. The van der Waals surface area contributed by atoms with E-state index in [1.54, 1.807) is 5.38 Å². The number of ether oxygens (including phenoxy) is 1. The van der Waals surface area contributed by atoms with Gasteiger partial charge in [-0.1, -0.05) is 41.8 Å². The number of carboxylic acid groups (broad SMARTS) is 1. The molecule has 0 spiro atoms. The minimum absolute atomic E-state index is 0.0908. The molecule has 1 aliphatic rings. The Kier molecular flexibility index (Phi) is 7.02. The molecular formula is C19H18ClNO4S2. The Labute approximate surface area is 170 Å². The lowest BCUT2D eigenvalue weighted by molar-refractivity contribution is 0.142. The van der Waals surface area contributed by atoms with Crippen LogP contribution in [0.3, 0.4) is 0 Å². The van der Waals surface area contributed by atoms with E-state index in [2.05, 4.69) is 21.6 Å². The van der Waals surface area contributed by atoms with Crippen LogP contribution in [-0.4, -0.2) is 38.6 Å². The van der Waals surface area contributed by atoms with E-state index in [1.165, 1.54) is 23.1 Å². The minimum Gasteiger partial charge on any atom is -0.449 e. The van der Waals surface area contributed by atoms with Crippen molar-refractivity contribution in [3.8, 4) is 17.7 Å². The molecule has 142 valence electrons. The van der Waals surface area contributed by atoms with E-state index >= 15 is 0 Å². The van der Waals surface area contributed by atoms with Gasteiger partial charge in [0.05, 0.1) is 17.4 Å². The van der Waals surface area contributed by atoms with Crippen LogP contribution in [0, 0.1) is 23.7 Å². The predicted octanol–water partition coefficient (Wildman–Crippen LogP) is 4.34. The molecule has 27 heavy (non-hydrogen) atoms. The molecular weight excluding hydrogens is 406 g/mol. The van der Waals surface area contributed by atoms with E-state index < -0.39 is 12.3 Å². The van der Waals surface area contributed by atoms with Gasteiger partial charge in [-0.15, -0.1) is 22.9 Å². The van der Waals surface area contributed by atoms with E-state index in [0.717, 1.165) is 22.1 Å². The quantitative estimate of drug-likeness (QED) is 0.322. The van der Waals surface area contributed by atoms with Gasteiger partial charge in [0.2, 0.25) is 5.88 Å². The summed E-state index contributed by atoms with van der Waals surface area (Å²) in [4.78, 5) is 14.6. The van der Waals surface area contributed by atoms with E-state index in [-0.39, 0.29) is 23.1 Å². The SMILES string of the molecule is O=C(O)Oc1csc(SCC[C@@H]2[C@@H](C#Cc3ccccc3)[C@H](O)C[C@H]2Cl)n1. The number of aliphatic hydroxyl groups excluding tert-OH is 1. The first-order valence-electron chi connectivity index (χ1n) is 8.41. The molecule has 0 unspecified atom stereocenters. The van der Waals surface area contributed by atoms with Gasteiger partial charge in [-0.05, 0) is 30.9 Å². The number of carbonyl (C=O) groups is 1. The van der Waals surface area contributed by atoms with E-state index in [4.69, 9.17) is 16.7 Å².